The molecule has 2 aromatic rings. The predicted octanol–water partition coefficient (Wildman–Crippen LogP) is 2.79. The van der Waals surface area contributed by atoms with Gasteiger partial charge in [0.25, 0.3) is 0 Å². The quantitative estimate of drug-likeness (QED) is 0.764. The van der Waals surface area contributed by atoms with Crippen molar-refractivity contribution in [1.82, 2.24) is 4.72 Å². The zero-order chi connectivity index (χ0) is 17.6. The Hall–Kier alpha value is -1.89. The number of rotatable bonds is 7. The molecule has 0 saturated heterocycles. The zero-order valence-electron chi connectivity index (χ0n) is 13.1. The zero-order valence-corrected chi connectivity index (χ0v) is 14.7. The molecule has 0 aromatic heterocycles. The molecule has 1 N–H and O–H groups in total. The van der Waals surface area contributed by atoms with Gasteiger partial charge in [-0.2, -0.15) is 4.72 Å². The second-order valence-corrected chi connectivity index (χ2v) is 7.14. The molecular weight excluding hydrogens is 350 g/mol. The predicted molar refractivity (Wildman–Crippen MR) is 92.3 cm³/mol. The van der Waals surface area contributed by atoms with Crippen molar-refractivity contribution in [3.63, 3.8) is 0 Å². The molecule has 0 aliphatic heterocycles. The number of ether oxygens (including phenoxy) is 1. The average molecular weight is 368 g/mol. The minimum absolute atomic E-state index is 0.0750. The standard InChI is InChI=1S/C17H18ClNO4S/c1-2-23-17(20)15(12-13-8-4-3-5-9-13)19-24(21,22)16-11-7-6-10-14(16)18/h3-11,15,19H,2,12H2,1H3. The maximum Gasteiger partial charge on any atom is 0.324 e. The molecule has 1 unspecified atom stereocenters. The number of hydrogen-bond donors (Lipinski definition) is 1. The molecule has 0 bridgehead atoms. The smallest absolute Gasteiger partial charge is 0.324 e. The summed E-state index contributed by atoms with van der Waals surface area (Å²) in [6.45, 7) is 1.83. The molecule has 2 aromatic carbocycles. The van der Waals surface area contributed by atoms with Gasteiger partial charge in [0.05, 0.1) is 11.6 Å². The Kier molecular flexibility index (Phi) is 6.36. The van der Waals surface area contributed by atoms with Crippen molar-refractivity contribution in [2.45, 2.75) is 24.3 Å². The Morgan fingerprint density at radius 2 is 1.75 bits per heavy atom. The van der Waals surface area contributed by atoms with Gasteiger partial charge in [-0.15, -0.1) is 0 Å². The van der Waals surface area contributed by atoms with Crippen molar-refractivity contribution in [3.8, 4) is 0 Å². The Morgan fingerprint density at radius 1 is 1.12 bits per heavy atom. The summed E-state index contributed by atoms with van der Waals surface area (Å²) in [6, 6.07) is 14.1. The molecule has 0 saturated carbocycles. The minimum Gasteiger partial charge on any atom is -0.465 e. The Morgan fingerprint density at radius 3 is 2.38 bits per heavy atom. The lowest BCUT2D eigenvalue weighted by Gasteiger charge is -2.18. The second-order valence-electron chi connectivity index (χ2n) is 5.05. The number of nitrogens with one attached hydrogen (secondary N) is 1. The maximum atomic E-state index is 12.6. The summed E-state index contributed by atoms with van der Waals surface area (Å²) in [6.07, 6.45) is 0.184. The number of esters is 1. The summed E-state index contributed by atoms with van der Waals surface area (Å²) < 4.78 is 32.5. The van der Waals surface area contributed by atoms with Gasteiger partial charge in [0.2, 0.25) is 10.0 Å². The summed E-state index contributed by atoms with van der Waals surface area (Å²) in [7, 11) is -3.96. The normalized spacial score (nSPS) is 12.6. The molecule has 5 nitrogen and oxygen atoms in total. The number of hydrogen-bond acceptors (Lipinski definition) is 4. The van der Waals surface area contributed by atoms with Crippen LogP contribution < -0.4 is 4.72 Å². The highest BCUT2D eigenvalue weighted by molar-refractivity contribution is 7.89. The molecule has 0 radical (unpaired) electrons. The topological polar surface area (TPSA) is 72.5 Å². The maximum absolute atomic E-state index is 12.6. The van der Waals surface area contributed by atoms with E-state index in [1.165, 1.54) is 12.1 Å². The van der Waals surface area contributed by atoms with E-state index in [0.29, 0.717) is 0 Å². The average Bonchev–Trinajstić information content (AvgIpc) is 2.55. The van der Waals surface area contributed by atoms with Crippen molar-refractivity contribution in [3.05, 3.63) is 65.2 Å². The molecule has 0 heterocycles. The van der Waals surface area contributed by atoms with Crippen LogP contribution in [0, 0.1) is 0 Å². The van der Waals surface area contributed by atoms with Gasteiger partial charge in [-0.1, -0.05) is 54.1 Å². The summed E-state index contributed by atoms with van der Waals surface area (Å²) in [4.78, 5) is 12.1. The monoisotopic (exact) mass is 367 g/mol. The van der Waals surface area contributed by atoms with Crippen molar-refractivity contribution in [2.75, 3.05) is 6.61 Å². The van der Waals surface area contributed by atoms with E-state index in [4.69, 9.17) is 16.3 Å². The molecule has 1 atom stereocenters. The third kappa shape index (κ3) is 4.80. The fourth-order valence-corrected chi connectivity index (χ4v) is 3.88. The van der Waals surface area contributed by atoms with Crippen LogP contribution in [0.1, 0.15) is 12.5 Å². The first-order chi connectivity index (χ1) is 11.4. The number of halogens is 1. The highest BCUT2D eigenvalue weighted by Crippen LogP contribution is 2.21. The summed E-state index contributed by atoms with van der Waals surface area (Å²) in [5.41, 5.74) is 0.817. The molecular formula is C17H18ClNO4S. The van der Waals surface area contributed by atoms with Gasteiger partial charge in [-0.05, 0) is 31.0 Å². The fraction of sp³-hybridized carbons (Fsp3) is 0.235. The van der Waals surface area contributed by atoms with E-state index in [1.807, 2.05) is 30.3 Å². The molecule has 0 amide bonds. The van der Waals surface area contributed by atoms with Crippen LogP contribution in [0.25, 0.3) is 0 Å². The van der Waals surface area contributed by atoms with Gasteiger partial charge in [0, 0.05) is 0 Å². The number of carbonyl (C=O) groups excluding carboxylic acids is 1. The Labute approximate surface area is 146 Å². The summed E-state index contributed by atoms with van der Waals surface area (Å²) >= 11 is 5.96. The first-order valence-electron chi connectivity index (χ1n) is 7.41. The van der Waals surface area contributed by atoms with Gasteiger partial charge in [-0.3, -0.25) is 4.79 Å². The van der Waals surface area contributed by atoms with Gasteiger partial charge in [-0.25, -0.2) is 8.42 Å². The first-order valence-corrected chi connectivity index (χ1v) is 9.27. The van der Waals surface area contributed by atoms with Crippen LogP contribution in [0.4, 0.5) is 0 Å². The highest BCUT2D eigenvalue weighted by Gasteiger charge is 2.28. The third-order valence-corrected chi connectivity index (χ3v) is 5.25. The van der Waals surface area contributed by atoms with Crippen molar-refractivity contribution >= 4 is 27.6 Å². The number of sulfonamides is 1. The lowest BCUT2D eigenvalue weighted by molar-refractivity contribution is -0.145. The van der Waals surface area contributed by atoms with Crippen molar-refractivity contribution in [2.24, 2.45) is 0 Å². The number of carbonyl (C=O) groups is 1. The molecule has 2 rings (SSSR count). The largest absolute Gasteiger partial charge is 0.465 e. The van der Waals surface area contributed by atoms with Crippen LogP contribution in [0.3, 0.4) is 0 Å². The lowest BCUT2D eigenvalue weighted by Crippen LogP contribution is -2.43. The molecule has 0 aliphatic carbocycles. The summed E-state index contributed by atoms with van der Waals surface area (Å²) in [5.74, 6) is -0.628. The SMILES string of the molecule is CCOC(=O)C(Cc1ccccc1)NS(=O)(=O)c1ccccc1Cl. The second kappa shape index (κ2) is 8.28. The molecule has 7 heteroatoms. The molecule has 128 valence electrons. The summed E-state index contributed by atoms with van der Waals surface area (Å²) in [5, 5.41) is 0.0901. The van der Waals surface area contributed by atoms with E-state index in [0.717, 1.165) is 5.56 Å². The lowest BCUT2D eigenvalue weighted by atomic mass is 10.1. The molecule has 0 fully saturated rings. The Bertz CT molecular complexity index is 793. The highest BCUT2D eigenvalue weighted by atomic mass is 35.5. The first kappa shape index (κ1) is 18.4. The Balaban J connectivity index is 2.27. The minimum atomic E-state index is -3.96. The van der Waals surface area contributed by atoms with Crippen LogP contribution in [0.15, 0.2) is 59.5 Å². The van der Waals surface area contributed by atoms with Crippen LogP contribution in [0.2, 0.25) is 5.02 Å². The molecule has 0 spiro atoms. The van der Waals surface area contributed by atoms with Gasteiger partial charge >= 0.3 is 5.97 Å². The molecule has 24 heavy (non-hydrogen) atoms. The van der Waals surface area contributed by atoms with Gasteiger partial charge < -0.3 is 4.74 Å². The van der Waals surface area contributed by atoms with E-state index in [1.54, 1.807) is 19.1 Å². The van der Waals surface area contributed by atoms with Gasteiger partial charge in [0.15, 0.2) is 0 Å². The number of benzene rings is 2. The van der Waals surface area contributed by atoms with E-state index in [9.17, 15) is 13.2 Å². The van der Waals surface area contributed by atoms with Gasteiger partial charge in [0.1, 0.15) is 10.9 Å². The van der Waals surface area contributed by atoms with Crippen molar-refractivity contribution in [1.29, 1.82) is 0 Å². The van der Waals surface area contributed by atoms with Crippen LogP contribution >= 0.6 is 11.6 Å². The van der Waals surface area contributed by atoms with Crippen LogP contribution in [0.5, 0.6) is 0 Å². The van der Waals surface area contributed by atoms with E-state index in [-0.39, 0.29) is 22.9 Å². The van der Waals surface area contributed by atoms with E-state index in [2.05, 4.69) is 4.72 Å². The fourth-order valence-electron chi connectivity index (χ4n) is 2.18. The van der Waals surface area contributed by atoms with E-state index < -0.39 is 22.0 Å². The molecule has 0 aliphatic rings. The van der Waals surface area contributed by atoms with E-state index >= 15 is 0 Å². The van der Waals surface area contributed by atoms with Crippen LogP contribution in [-0.2, 0) is 26.0 Å². The third-order valence-electron chi connectivity index (χ3n) is 3.28. The van der Waals surface area contributed by atoms with Crippen LogP contribution in [-0.4, -0.2) is 27.0 Å². The van der Waals surface area contributed by atoms with Crippen molar-refractivity contribution < 1.29 is 17.9 Å².